The highest BCUT2D eigenvalue weighted by molar-refractivity contribution is 5.93. The van der Waals surface area contributed by atoms with Crippen molar-refractivity contribution in [2.24, 2.45) is 0 Å². The number of carbonyl (C=O) groups excluding carboxylic acids is 3. The number of nitrogens with zero attached hydrogens (tertiary/aromatic N) is 1. The number of ether oxygens (including phenoxy) is 1. The van der Waals surface area contributed by atoms with E-state index in [4.69, 9.17) is 4.74 Å². The number of hydrogen-bond donors (Lipinski definition) is 2. The van der Waals surface area contributed by atoms with Crippen molar-refractivity contribution in [2.45, 2.75) is 104 Å². The lowest BCUT2D eigenvalue weighted by atomic mass is 9.86. The van der Waals surface area contributed by atoms with Gasteiger partial charge >= 0.3 is 6.09 Å². The molecule has 1 aliphatic carbocycles. The molecule has 2 aromatic carbocycles. The molecule has 0 saturated heterocycles. The maximum atomic E-state index is 14.4. The van der Waals surface area contributed by atoms with Crippen molar-refractivity contribution >= 4 is 17.9 Å². The van der Waals surface area contributed by atoms with Crippen molar-refractivity contribution in [1.82, 2.24) is 15.5 Å². The lowest BCUT2D eigenvalue weighted by molar-refractivity contribution is -0.147. The summed E-state index contributed by atoms with van der Waals surface area (Å²) in [4.78, 5) is 42.8. The monoisotopic (exact) mass is 521 g/mol. The van der Waals surface area contributed by atoms with Gasteiger partial charge in [-0.2, -0.15) is 0 Å². The van der Waals surface area contributed by atoms with Gasteiger partial charge in [0.2, 0.25) is 11.8 Å². The molecule has 2 N–H and O–H groups in total. The van der Waals surface area contributed by atoms with Crippen molar-refractivity contribution in [3.63, 3.8) is 0 Å². The second kappa shape index (κ2) is 12.5. The molecule has 0 aliphatic heterocycles. The Bertz CT molecular complexity index is 1120. The van der Waals surface area contributed by atoms with E-state index in [9.17, 15) is 14.4 Å². The average Bonchev–Trinajstić information content (AvgIpc) is 2.76. The van der Waals surface area contributed by atoms with Crippen LogP contribution in [0.15, 0.2) is 48.5 Å². The zero-order valence-electron chi connectivity index (χ0n) is 23.8. The van der Waals surface area contributed by atoms with Crippen molar-refractivity contribution < 1.29 is 19.1 Å². The molecular weight excluding hydrogens is 478 g/mol. The number of carbonyl (C=O) groups is 3. The fourth-order valence-corrected chi connectivity index (χ4v) is 4.78. The van der Waals surface area contributed by atoms with Gasteiger partial charge in [0.15, 0.2) is 0 Å². The van der Waals surface area contributed by atoms with E-state index in [1.165, 1.54) is 0 Å². The summed E-state index contributed by atoms with van der Waals surface area (Å²) in [5, 5.41) is 5.87. The molecule has 0 radical (unpaired) electrons. The van der Waals surface area contributed by atoms with Crippen LogP contribution in [-0.2, 0) is 20.7 Å². The van der Waals surface area contributed by atoms with Gasteiger partial charge in [-0.1, -0.05) is 54.1 Å². The second-order valence-corrected chi connectivity index (χ2v) is 11.6. The Morgan fingerprint density at radius 2 is 1.66 bits per heavy atom. The molecule has 7 heteroatoms. The highest BCUT2D eigenvalue weighted by Crippen LogP contribution is 2.35. The molecule has 2 unspecified atom stereocenters. The van der Waals surface area contributed by atoms with Gasteiger partial charge in [0, 0.05) is 18.5 Å². The Kier molecular flexibility index (Phi) is 9.58. The van der Waals surface area contributed by atoms with E-state index in [-0.39, 0.29) is 30.3 Å². The van der Waals surface area contributed by atoms with Gasteiger partial charge in [-0.05, 0) is 84.4 Å². The number of rotatable bonds is 9. The first-order valence-electron chi connectivity index (χ1n) is 13.6. The van der Waals surface area contributed by atoms with Crippen molar-refractivity contribution in [3.05, 3.63) is 70.8 Å². The summed E-state index contributed by atoms with van der Waals surface area (Å²) < 4.78 is 5.51. The number of nitrogens with one attached hydrogen (secondary N) is 2. The number of hydrogen-bond acceptors (Lipinski definition) is 4. The Balaban J connectivity index is 2.06. The molecular formula is C31H43N3O4. The first-order chi connectivity index (χ1) is 17.9. The fraction of sp³-hybridized carbons (Fsp3) is 0.516. The van der Waals surface area contributed by atoms with E-state index in [1.54, 1.807) is 25.7 Å². The summed E-state index contributed by atoms with van der Waals surface area (Å²) in [5.41, 5.74) is 3.03. The first-order valence-corrected chi connectivity index (χ1v) is 13.6. The molecule has 2 atom stereocenters. The molecule has 1 aliphatic rings. The third-order valence-corrected chi connectivity index (χ3v) is 6.67. The molecule has 0 heterocycles. The highest BCUT2D eigenvalue weighted by atomic mass is 16.6. The molecule has 1 saturated carbocycles. The van der Waals surface area contributed by atoms with Gasteiger partial charge in [0.05, 0.1) is 0 Å². The lowest BCUT2D eigenvalue weighted by Gasteiger charge is -2.44. The molecule has 38 heavy (non-hydrogen) atoms. The zero-order valence-corrected chi connectivity index (χ0v) is 23.8. The van der Waals surface area contributed by atoms with Gasteiger partial charge in [-0.25, -0.2) is 4.79 Å². The molecule has 206 valence electrons. The minimum absolute atomic E-state index is 0.0888. The maximum Gasteiger partial charge on any atom is 0.408 e. The summed E-state index contributed by atoms with van der Waals surface area (Å²) >= 11 is 0. The second-order valence-electron chi connectivity index (χ2n) is 11.6. The maximum absolute atomic E-state index is 14.4. The first kappa shape index (κ1) is 29.2. The van der Waals surface area contributed by atoms with Crippen LogP contribution >= 0.6 is 0 Å². The molecule has 2 aromatic rings. The van der Waals surface area contributed by atoms with Crippen LogP contribution in [0.1, 0.15) is 82.2 Å². The lowest BCUT2D eigenvalue weighted by Crippen LogP contribution is -2.58. The Morgan fingerprint density at radius 1 is 1.00 bits per heavy atom. The van der Waals surface area contributed by atoms with E-state index < -0.39 is 23.8 Å². The van der Waals surface area contributed by atoms with Crippen LogP contribution in [0.3, 0.4) is 0 Å². The molecule has 0 bridgehead atoms. The van der Waals surface area contributed by atoms with Crippen LogP contribution in [-0.4, -0.2) is 46.5 Å². The van der Waals surface area contributed by atoms with Gasteiger partial charge in [-0.3, -0.25) is 9.59 Å². The summed E-state index contributed by atoms with van der Waals surface area (Å²) in [6.07, 6.45) is 2.24. The molecule has 0 aromatic heterocycles. The van der Waals surface area contributed by atoms with Crippen molar-refractivity contribution in [2.75, 3.05) is 0 Å². The normalized spacial score (nSPS) is 15.3. The standard InChI is InChI=1S/C31H43N3O4/c1-20(2)32-28(35)27(25-17-16-21(3)18-22(25)4)34(24-14-11-15-24)29(36)26(19-23-12-9-8-10-13-23)33-30(37)38-31(5,6)7/h8-10,12-13,16-18,20,24,26-27H,11,14-15,19H2,1-7H3,(H,32,35)(H,33,37). The molecule has 7 nitrogen and oxygen atoms in total. The number of alkyl carbamates (subject to hydrolysis) is 1. The van der Waals surface area contributed by atoms with E-state index in [0.29, 0.717) is 0 Å². The smallest absolute Gasteiger partial charge is 0.408 e. The van der Waals surface area contributed by atoms with Crippen molar-refractivity contribution in [1.29, 1.82) is 0 Å². The minimum atomic E-state index is -0.895. The minimum Gasteiger partial charge on any atom is -0.444 e. The molecule has 3 amide bonds. The Labute approximate surface area is 227 Å². The Morgan fingerprint density at radius 3 is 2.18 bits per heavy atom. The summed E-state index contributed by atoms with van der Waals surface area (Å²) in [6, 6.07) is 13.6. The van der Waals surface area contributed by atoms with E-state index in [2.05, 4.69) is 10.6 Å². The van der Waals surface area contributed by atoms with E-state index in [0.717, 1.165) is 41.5 Å². The third-order valence-electron chi connectivity index (χ3n) is 6.67. The summed E-state index contributed by atoms with van der Waals surface area (Å²) in [5.74, 6) is -0.503. The fourth-order valence-electron chi connectivity index (χ4n) is 4.78. The van der Waals surface area contributed by atoms with Crippen LogP contribution < -0.4 is 10.6 Å². The molecule has 1 fully saturated rings. The van der Waals surface area contributed by atoms with Crippen LogP contribution in [0.4, 0.5) is 4.79 Å². The van der Waals surface area contributed by atoms with Gasteiger partial charge in [-0.15, -0.1) is 0 Å². The molecule has 3 rings (SSSR count). The van der Waals surface area contributed by atoms with E-state index >= 15 is 0 Å². The third kappa shape index (κ3) is 7.83. The zero-order chi connectivity index (χ0) is 28.0. The highest BCUT2D eigenvalue weighted by Gasteiger charge is 2.42. The largest absolute Gasteiger partial charge is 0.444 e. The van der Waals surface area contributed by atoms with Crippen LogP contribution in [0.5, 0.6) is 0 Å². The van der Waals surface area contributed by atoms with Gasteiger partial charge in [0.1, 0.15) is 17.7 Å². The molecule has 0 spiro atoms. The van der Waals surface area contributed by atoms with Crippen molar-refractivity contribution in [3.8, 4) is 0 Å². The quantitative estimate of drug-likeness (QED) is 0.463. The summed E-state index contributed by atoms with van der Waals surface area (Å²) in [7, 11) is 0. The number of benzene rings is 2. The number of aryl methyl sites for hydroxylation is 2. The van der Waals surface area contributed by atoms with Crippen LogP contribution in [0, 0.1) is 13.8 Å². The predicted octanol–water partition coefficient (Wildman–Crippen LogP) is 5.39. The number of amides is 3. The van der Waals surface area contributed by atoms with Gasteiger partial charge in [0.25, 0.3) is 0 Å². The average molecular weight is 522 g/mol. The SMILES string of the molecule is Cc1ccc(C(C(=O)NC(C)C)N(C(=O)C(Cc2ccccc2)NC(=O)OC(C)(C)C)C2CCC2)c(C)c1. The van der Waals surface area contributed by atoms with Gasteiger partial charge < -0.3 is 20.3 Å². The topological polar surface area (TPSA) is 87.7 Å². The van der Waals surface area contributed by atoms with E-state index in [1.807, 2.05) is 76.2 Å². The predicted molar refractivity (Wildman–Crippen MR) is 150 cm³/mol. The Hall–Kier alpha value is -3.35. The van der Waals surface area contributed by atoms with Crippen LogP contribution in [0.25, 0.3) is 0 Å². The van der Waals surface area contributed by atoms with Crippen LogP contribution in [0.2, 0.25) is 0 Å². The summed E-state index contributed by atoms with van der Waals surface area (Å²) in [6.45, 7) is 13.2.